The average Bonchev–Trinajstić information content (AvgIpc) is 2.88. The van der Waals surface area contributed by atoms with Crippen LogP contribution in [0.3, 0.4) is 0 Å². The molecule has 0 spiro atoms. The van der Waals surface area contributed by atoms with E-state index in [0.29, 0.717) is 11.6 Å². The first-order valence-corrected chi connectivity index (χ1v) is 4.61. The van der Waals surface area contributed by atoms with Crippen LogP contribution in [0.5, 0.6) is 0 Å². The van der Waals surface area contributed by atoms with Crippen molar-refractivity contribution in [3.63, 3.8) is 0 Å². The van der Waals surface area contributed by atoms with Crippen LogP contribution in [-0.4, -0.2) is 9.97 Å². The summed E-state index contributed by atoms with van der Waals surface area (Å²) in [5.41, 5.74) is 0.711. The normalized spacial score (nSPS) is 17.8. The lowest BCUT2D eigenvalue weighted by atomic mass is 10.2. The van der Waals surface area contributed by atoms with E-state index < -0.39 is 4.33 Å². The van der Waals surface area contributed by atoms with Crippen LogP contribution in [0.2, 0.25) is 0 Å². The van der Waals surface area contributed by atoms with Crippen LogP contribution in [0.1, 0.15) is 18.5 Å². The van der Waals surface area contributed by atoms with Gasteiger partial charge < -0.3 is 0 Å². The van der Waals surface area contributed by atoms with Crippen molar-refractivity contribution >= 4 is 23.2 Å². The second kappa shape index (κ2) is 2.86. The van der Waals surface area contributed by atoms with E-state index in [1.54, 1.807) is 12.3 Å². The van der Waals surface area contributed by atoms with E-state index in [4.69, 9.17) is 23.2 Å². The molecule has 0 unspecified atom stereocenters. The summed E-state index contributed by atoms with van der Waals surface area (Å²) in [6, 6.07) is 1.76. The van der Waals surface area contributed by atoms with Crippen molar-refractivity contribution in [2.24, 2.45) is 5.92 Å². The minimum Gasteiger partial charge on any atom is -0.245 e. The first-order valence-electron chi connectivity index (χ1n) is 3.85. The number of rotatable bonds is 2. The fraction of sp³-hybridized carbons (Fsp3) is 0.500. The number of hydrogen-bond donors (Lipinski definition) is 0. The highest BCUT2D eigenvalue weighted by Gasteiger charge is 2.44. The first kappa shape index (κ1) is 8.27. The van der Waals surface area contributed by atoms with Gasteiger partial charge in [-0.2, -0.15) is 0 Å². The van der Waals surface area contributed by atoms with Gasteiger partial charge in [0, 0.05) is 6.20 Å². The van der Waals surface area contributed by atoms with Gasteiger partial charge in [-0.3, -0.25) is 0 Å². The highest BCUT2D eigenvalue weighted by Crippen LogP contribution is 2.52. The van der Waals surface area contributed by atoms with Crippen molar-refractivity contribution in [1.29, 1.82) is 0 Å². The summed E-state index contributed by atoms with van der Waals surface area (Å²) in [7, 11) is 0. The van der Waals surface area contributed by atoms with E-state index in [0.717, 1.165) is 12.8 Å². The maximum absolute atomic E-state index is 6.13. The van der Waals surface area contributed by atoms with Crippen molar-refractivity contribution in [2.75, 3.05) is 0 Å². The first-order chi connectivity index (χ1) is 5.71. The summed E-state index contributed by atoms with van der Waals surface area (Å²) >= 11 is 12.3. The van der Waals surface area contributed by atoms with Gasteiger partial charge in [-0.05, 0) is 24.8 Å². The minimum absolute atomic E-state index is 0.371. The summed E-state index contributed by atoms with van der Waals surface area (Å²) in [5, 5.41) is 0. The summed E-state index contributed by atoms with van der Waals surface area (Å²) < 4.78 is -0.803. The Morgan fingerprint density at radius 1 is 1.42 bits per heavy atom. The molecule has 0 saturated heterocycles. The summed E-state index contributed by atoms with van der Waals surface area (Å²) in [6.07, 6.45) is 5.31. The van der Waals surface area contributed by atoms with Gasteiger partial charge in [-0.15, -0.1) is 0 Å². The van der Waals surface area contributed by atoms with Gasteiger partial charge in [0.2, 0.25) is 0 Å². The molecule has 1 aromatic rings. The van der Waals surface area contributed by atoms with Crippen molar-refractivity contribution in [3.8, 4) is 0 Å². The zero-order valence-electron chi connectivity index (χ0n) is 6.37. The molecule has 64 valence electrons. The van der Waals surface area contributed by atoms with Crippen molar-refractivity contribution in [3.05, 3.63) is 24.3 Å². The van der Waals surface area contributed by atoms with Gasteiger partial charge in [-0.1, -0.05) is 23.2 Å². The molecule has 0 atom stereocenters. The second-order valence-electron chi connectivity index (χ2n) is 2.99. The summed E-state index contributed by atoms with van der Waals surface area (Å²) in [6.45, 7) is 0. The molecule has 1 aliphatic rings. The smallest absolute Gasteiger partial charge is 0.162 e. The Bertz CT molecular complexity index is 270. The van der Waals surface area contributed by atoms with Gasteiger partial charge >= 0.3 is 0 Å². The topological polar surface area (TPSA) is 25.8 Å². The predicted molar refractivity (Wildman–Crippen MR) is 48.1 cm³/mol. The molecule has 12 heavy (non-hydrogen) atoms. The third-order valence-corrected chi connectivity index (χ3v) is 3.02. The van der Waals surface area contributed by atoms with Crippen molar-refractivity contribution in [1.82, 2.24) is 9.97 Å². The van der Waals surface area contributed by atoms with Crippen LogP contribution in [0, 0.1) is 5.92 Å². The van der Waals surface area contributed by atoms with E-state index in [1.807, 2.05) is 0 Å². The van der Waals surface area contributed by atoms with Gasteiger partial charge in [0.25, 0.3) is 0 Å². The molecule has 1 fully saturated rings. The molecule has 0 amide bonds. The average molecular weight is 203 g/mol. The van der Waals surface area contributed by atoms with Gasteiger partial charge in [-0.25, -0.2) is 9.97 Å². The molecule has 2 nitrogen and oxygen atoms in total. The SMILES string of the molecule is ClC(Cl)(c1ccncn1)C1CC1. The molecule has 0 radical (unpaired) electrons. The molecule has 0 bridgehead atoms. The fourth-order valence-electron chi connectivity index (χ4n) is 1.14. The van der Waals surface area contributed by atoms with E-state index in [9.17, 15) is 0 Å². The standard InChI is InChI=1S/C8H8Cl2N2/c9-8(10,6-1-2-6)7-3-4-11-5-12-7/h3-6H,1-2H2. The summed E-state index contributed by atoms with van der Waals surface area (Å²) in [4.78, 5) is 7.85. The van der Waals surface area contributed by atoms with Crippen molar-refractivity contribution < 1.29 is 0 Å². The third kappa shape index (κ3) is 1.41. The van der Waals surface area contributed by atoms with E-state index in [-0.39, 0.29) is 0 Å². The monoisotopic (exact) mass is 202 g/mol. The highest BCUT2D eigenvalue weighted by atomic mass is 35.5. The molecule has 1 aromatic heterocycles. The predicted octanol–water partition coefficient (Wildman–Crippen LogP) is 2.52. The Hall–Kier alpha value is -0.340. The fourth-order valence-corrected chi connectivity index (χ4v) is 1.80. The van der Waals surface area contributed by atoms with Gasteiger partial charge in [0.1, 0.15) is 6.33 Å². The molecular formula is C8H8Cl2N2. The number of aromatic nitrogens is 2. The number of alkyl halides is 2. The Morgan fingerprint density at radius 2 is 2.17 bits per heavy atom. The second-order valence-corrected chi connectivity index (χ2v) is 4.38. The number of nitrogens with zero attached hydrogens (tertiary/aromatic N) is 2. The largest absolute Gasteiger partial charge is 0.245 e. The van der Waals surface area contributed by atoms with Crippen molar-refractivity contribution in [2.45, 2.75) is 17.2 Å². The van der Waals surface area contributed by atoms with Crippen LogP contribution in [0.4, 0.5) is 0 Å². The molecule has 0 aliphatic heterocycles. The maximum Gasteiger partial charge on any atom is 0.162 e. The molecule has 1 saturated carbocycles. The van der Waals surface area contributed by atoms with E-state index in [1.165, 1.54) is 6.33 Å². The van der Waals surface area contributed by atoms with Gasteiger partial charge in [0.05, 0.1) is 5.69 Å². The Labute approximate surface area is 80.9 Å². The van der Waals surface area contributed by atoms with Crippen LogP contribution in [0.25, 0.3) is 0 Å². The zero-order chi connectivity index (χ0) is 8.60. The van der Waals surface area contributed by atoms with Crippen LogP contribution in [-0.2, 0) is 4.33 Å². The highest BCUT2D eigenvalue weighted by molar-refractivity contribution is 6.48. The lowest BCUT2D eigenvalue weighted by Crippen LogP contribution is -2.14. The Morgan fingerprint density at radius 3 is 2.67 bits per heavy atom. The molecular weight excluding hydrogens is 195 g/mol. The molecule has 4 heteroatoms. The van der Waals surface area contributed by atoms with Gasteiger partial charge in [0.15, 0.2) is 4.33 Å². The lowest BCUT2D eigenvalue weighted by molar-refractivity contribution is 0.697. The Kier molecular flexibility index (Phi) is 1.97. The number of halogens is 2. The third-order valence-electron chi connectivity index (χ3n) is 2.01. The van der Waals surface area contributed by atoms with E-state index in [2.05, 4.69) is 9.97 Å². The molecule has 0 N–H and O–H groups in total. The quantitative estimate of drug-likeness (QED) is 0.690. The molecule has 1 aliphatic carbocycles. The Balaban J connectivity index is 2.28. The van der Waals surface area contributed by atoms with Crippen LogP contribution < -0.4 is 0 Å². The summed E-state index contributed by atoms with van der Waals surface area (Å²) in [5.74, 6) is 0.371. The maximum atomic E-state index is 6.13. The van der Waals surface area contributed by atoms with Crippen LogP contribution in [0.15, 0.2) is 18.6 Å². The molecule has 0 aromatic carbocycles. The molecule has 2 rings (SSSR count). The lowest BCUT2D eigenvalue weighted by Gasteiger charge is -2.17. The minimum atomic E-state index is -0.803. The van der Waals surface area contributed by atoms with E-state index >= 15 is 0 Å². The molecule has 1 heterocycles. The number of hydrogen-bond acceptors (Lipinski definition) is 2. The zero-order valence-corrected chi connectivity index (χ0v) is 7.89. The van der Waals surface area contributed by atoms with Crippen LogP contribution >= 0.6 is 23.2 Å².